The van der Waals surface area contributed by atoms with Crippen LogP contribution in [0.4, 0.5) is 26.5 Å². The molecule has 0 aliphatic carbocycles. The molecule has 3 N–H and O–H groups in total. The van der Waals surface area contributed by atoms with Crippen LogP contribution >= 0.6 is 11.6 Å². The average Bonchev–Trinajstić information content (AvgIpc) is 3.27. The van der Waals surface area contributed by atoms with Gasteiger partial charge in [-0.1, -0.05) is 18.5 Å². The number of halogens is 2. The van der Waals surface area contributed by atoms with Gasteiger partial charge in [-0.3, -0.25) is 14.8 Å². The van der Waals surface area contributed by atoms with Gasteiger partial charge < -0.3 is 10.2 Å². The number of nitrogens with one attached hydrogen (secondary N) is 3. The summed E-state index contributed by atoms with van der Waals surface area (Å²) in [5, 5.41) is 4.76. The van der Waals surface area contributed by atoms with Crippen LogP contribution < -0.4 is 15.4 Å². The summed E-state index contributed by atoms with van der Waals surface area (Å²) < 4.78 is 40.9. The topological polar surface area (TPSA) is 133 Å². The molecule has 32 heavy (non-hydrogen) atoms. The molecule has 1 aliphatic heterocycles. The van der Waals surface area contributed by atoms with Gasteiger partial charge in [-0.15, -0.1) is 0 Å². The van der Waals surface area contributed by atoms with Gasteiger partial charge in [-0.05, 0) is 31.4 Å². The molecule has 1 saturated heterocycles. The second-order valence-electron chi connectivity index (χ2n) is 7.08. The number of rotatable bonds is 7. The maximum atomic E-state index is 14.9. The van der Waals surface area contributed by atoms with E-state index in [1.54, 1.807) is 11.8 Å². The fourth-order valence-corrected chi connectivity index (χ4v) is 4.44. The number of urea groups is 1. The first-order valence-electron chi connectivity index (χ1n) is 9.88. The molecule has 13 heteroatoms. The molecular formula is C19H22ClFN6O4S. The lowest BCUT2D eigenvalue weighted by molar-refractivity contribution is 0.102. The van der Waals surface area contributed by atoms with E-state index in [2.05, 4.69) is 25.3 Å². The summed E-state index contributed by atoms with van der Waals surface area (Å²) in [5.41, 5.74) is -0.791. The molecule has 172 valence electrons. The predicted molar refractivity (Wildman–Crippen MR) is 119 cm³/mol. The van der Waals surface area contributed by atoms with Gasteiger partial charge >= 0.3 is 6.03 Å². The minimum absolute atomic E-state index is 0.0523. The quantitative estimate of drug-likeness (QED) is 0.552. The molecule has 3 rings (SSSR count). The molecule has 0 spiro atoms. The third-order valence-electron chi connectivity index (χ3n) is 4.58. The Morgan fingerprint density at radius 2 is 1.81 bits per heavy atom. The van der Waals surface area contributed by atoms with E-state index in [1.807, 2.05) is 0 Å². The highest BCUT2D eigenvalue weighted by atomic mass is 35.5. The van der Waals surface area contributed by atoms with E-state index in [9.17, 15) is 22.4 Å². The van der Waals surface area contributed by atoms with Crippen LogP contribution in [0.1, 0.15) is 36.5 Å². The lowest BCUT2D eigenvalue weighted by Crippen LogP contribution is -2.32. The van der Waals surface area contributed by atoms with E-state index in [0.29, 0.717) is 19.5 Å². The molecule has 1 aliphatic rings. The van der Waals surface area contributed by atoms with Gasteiger partial charge in [0.2, 0.25) is 16.0 Å². The van der Waals surface area contributed by atoms with Gasteiger partial charge in [0.25, 0.3) is 5.91 Å². The van der Waals surface area contributed by atoms with Gasteiger partial charge in [0, 0.05) is 13.1 Å². The monoisotopic (exact) mass is 484 g/mol. The Labute approximate surface area is 189 Å². The van der Waals surface area contributed by atoms with E-state index < -0.39 is 27.3 Å². The first-order valence-corrected chi connectivity index (χ1v) is 11.9. The van der Waals surface area contributed by atoms with Gasteiger partial charge in [0.1, 0.15) is 0 Å². The van der Waals surface area contributed by atoms with E-state index in [1.165, 1.54) is 18.5 Å². The Hall–Kier alpha value is -2.99. The number of carbonyl (C=O) groups is 2. The van der Waals surface area contributed by atoms with Crippen LogP contribution in [0.25, 0.3) is 0 Å². The van der Waals surface area contributed by atoms with Crippen molar-refractivity contribution in [2.45, 2.75) is 26.2 Å². The Bertz CT molecular complexity index is 1110. The molecular weight excluding hydrogens is 463 g/mol. The number of benzene rings is 1. The summed E-state index contributed by atoms with van der Waals surface area (Å²) in [6.45, 7) is 3.00. The van der Waals surface area contributed by atoms with Crippen LogP contribution in [-0.2, 0) is 10.0 Å². The molecule has 2 heterocycles. The van der Waals surface area contributed by atoms with Crippen LogP contribution in [0.3, 0.4) is 0 Å². The number of hydrogen-bond donors (Lipinski definition) is 3. The number of amides is 3. The van der Waals surface area contributed by atoms with E-state index in [4.69, 9.17) is 11.6 Å². The van der Waals surface area contributed by atoms with Crippen LogP contribution in [0, 0.1) is 5.82 Å². The Morgan fingerprint density at radius 1 is 1.16 bits per heavy atom. The molecule has 0 bridgehead atoms. The van der Waals surface area contributed by atoms with Crippen molar-refractivity contribution in [3.63, 3.8) is 0 Å². The van der Waals surface area contributed by atoms with Crippen molar-refractivity contribution in [1.82, 2.24) is 14.9 Å². The van der Waals surface area contributed by atoms with Crippen LogP contribution in [0.5, 0.6) is 0 Å². The van der Waals surface area contributed by atoms with E-state index >= 15 is 0 Å². The Kier molecular flexibility index (Phi) is 7.46. The highest BCUT2D eigenvalue weighted by molar-refractivity contribution is 7.92. The fourth-order valence-electron chi connectivity index (χ4n) is 3.07. The summed E-state index contributed by atoms with van der Waals surface area (Å²) in [6.07, 6.45) is 4.71. The van der Waals surface area contributed by atoms with Crippen LogP contribution in [0.15, 0.2) is 24.5 Å². The third kappa shape index (κ3) is 5.82. The van der Waals surface area contributed by atoms with Crippen LogP contribution in [-0.4, -0.2) is 54.1 Å². The fraction of sp³-hybridized carbons (Fsp3) is 0.368. The molecule has 1 aromatic carbocycles. The van der Waals surface area contributed by atoms with E-state index in [-0.39, 0.29) is 34.1 Å². The van der Waals surface area contributed by atoms with Crippen molar-refractivity contribution in [2.24, 2.45) is 0 Å². The standard InChI is InChI=1S/C19H22ClFN6O4S/c1-2-9-32(30,31)26-14-6-5-13(20)15(16(14)21)17(28)24-12-10-22-18(23-11-12)25-19(29)27-7-3-4-8-27/h5-6,10-11,26H,2-4,7-9H2,1H3,(H,24,28)(H,22,23,25,29). The van der Waals surface area contributed by atoms with Crippen LogP contribution in [0.2, 0.25) is 5.02 Å². The van der Waals surface area contributed by atoms with Gasteiger partial charge in [-0.2, -0.15) is 0 Å². The molecule has 0 atom stereocenters. The summed E-state index contributed by atoms with van der Waals surface area (Å²) >= 11 is 5.98. The molecule has 1 fully saturated rings. The second-order valence-corrected chi connectivity index (χ2v) is 9.33. The van der Waals surface area contributed by atoms with Crippen molar-refractivity contribution < 1.29 is 22.4 Å². The van der Waals surface area contributed by atoms with Gasteiger partial charge in [0.15, 0.2) is 5.82 Å². The number of aromatic nitrogens is 2. The number of nitrogens with zero attached hydrogens (tertiary/aromatic N) is 3. The normalized spacial score (nSPS) is 13.7. The molecule has 2 aromatic rings. The minimum atomic E-state index is -3.77. The van der Waals surface area contributed by atoms with E-state index in [0.717, 1.165) is 18.9 Å². The highest BCUT2D eigenvalue weighted by Gasteiger charge is 2.23. The molecule has 3 amide bonds. The molecule has 1 aromatic heterocycles. The minimum Gasteiger partial charge on any atom is -0.324 e. The first-order chi connectivity index (χ1) is 15.2. The smallest absolute Gasteiger partial charge is 0.324 e. The number of sulfonamides is 1. The number of hydrogen-bond acceptors (Lipinski definition) is 6. The molecule has 0 saturated carbocycles. The average molecular weight is 485 g/mol. The van der Waals surface area contributed by atoms with Gasteiger partial charge in [0.05, 0.1) is 40.1 Å². The Morgan fingerprint density at radius 3 is 2.44 bits per heavy atom. The maximum Gasteiger partial charge on any atom is 0.324 e. The van der Waals surface area contributed by atoms with Gasteiger partial charge in [-0.25, -0.2) is 27.6 Å². The lowest BCUT2D eigenvalue weighted by Gasteiger charge is -2.15. The Balaban J connectivity index is 1.71. The second kappa shape index (κ2) is 10.1. The zero-order chi connectivity index (χ0) is 23.3. The summed E-state index contributed by atoms with van der Waals surface area (Å²) in [5.74, 6) is -2.17. The van der Waals surface area contributed by atoms with Crippen molar-refractivity contribution in [3.8, 4) is 0 Å². The SMILES string of the molecule is CCCS(=O)(=O)Nc1ccc(Cl)c(C(=O)Nc2cnc(NC(=O)N3CCCC3)nc2)c1F. The molecule has 0 radical (unpaired) electrons. The summed E-state index contributed by atoms with van der Waals surface area (Å²) in [7, 11) is -3.77. The largest absolute Gasteiger partial charge is 0.324 e. The zero-order valence-corrected chi connectivity index (χ0v) is 18.8. The predicted octanol–water partition coefficient (Wildman–Crippen LogP) is 3.30. The van der Waals surface area contributed by atoms with Crippen molar-refractivity contribution in [3.05, 3.63) is 40.9 Å². The first kappa shape index (κ1) is 23.7. The van der Waals surface area contributed by atoms with Crippen molar-refractivity contribution in [1.29, 1.82) is 0 Å². The maximum absolute atomic E-state index is 14.9. The van der Waals surface area contributed by atoms with Crippen molar-refractivity contribution >= 4 is 50.9 Å². The zero-order valence-electron chi connectivity index (χ0n) is 17.2. The molecule has 10 nitrogen and oxygen atoms in total. The lowest BCUT2D eigenvalue weighted by atomic mass is 10.1. The molecule has 0 unspecified atom stereocenters. The number of anilines is 3. The summed E-state index contributed by atoms with van der Waals surface area (Å²) in [4.78, 5) is 34.2. The highest BCUT2D eigenvalue weighted by Crippen LogP contribution is 2.27. The number of carbonyl (C=O) groups excluding carboxylic acids is 2. The summed E-state index contributed by atoms with van der Waals surface area (Å²) in [6, 6.07) is 2.05. The van der Waals surface area contributed by atoms with Crippen molar-refractivity contribution in [2.75, 3.05) is 34.2 Å². The third-order valence-corrected chi connectivity index (χ3v) is 6.37. The number of likely N-dealkylation sites (tertiary alicyclic amines) is 1.